The van der Waals surface area contributed by atoms with Crippen LogP contribution in [0.3, 0.4) is 0 Å². The number of nitrogens with one attached hydrogen (secondary N) is 2. The van der Waals surface area contributed by atoms with Crippen LogP contribution in [0.1, 0.15) is 12.5 Å². The highest BCUT2D eigenvalue weighted by molar-refractivity contribution is 6.30. The van der Waals surface area contributed by atoms with Crippen molar-refractivity contribution in [1.82, 2.24) is 15.5 Å². The summed E-state index contributed by atoms with van der Waals surface area (Å²) in [5, 5.41) is 5.25. The zero-order valence-corrected chi connectivity index (χ0v) is 12.0. The van der Waals surface area contributed by atoms with Gasteiger partial charge in [0.05, 0.1) is 6.04 Å². The van der Waals surface area contributed by atoms with Crippen LogP contribution >= 0.6 is 11.6 Å². The number of imide groups is 1. The molecule has 0 aliphatic rings. The van der Waals surface area contributed by atoms with Crippen LogP contribution in [0.25, 0.3) is 0 Å². The van der Waals surface area contributed by atoms with Crippen LogP contribution in [0.15, 0.2) is 24.3 Å². The molecule has 0 bridgehead atoms. The van der Waals surface area contributed by atoms with Gasteiger partial charge < -0.3 is 5.32 Å². The molecule has 3 amide bonds. The lowest BCUT2D eigenvalue weighted by atomic mass is 10.2. The molecule has 1 rings (SSSR count). The van der Waals surface area contributed by atoms with E-state index in [-0.39, 0.29) is 5.91 Å². The maximum absolute atomic E-state index is 11.8. The van der Waals surface area contributed by atoms with Crippen molar-refractivity contribution in [2.45, 2.75) is 19.5 Å². The third-order valence-corrected chi connectivity index (χ3v) is 3.06. The molecule has 1 atom stereocenters. The number of carbonyl (C=O) groups is 2. The molecular formula is C13H18ClN3O2. The number of likely N-dealkylation sites (N-methyl/N-ethyl adjacent to an activating group) is 1. The van der Waals surface area contributed by atoms with Crippen molar-refractivity contribution in [3.63, 3.8) is 0 Å². The maximum atomic E-state index is 11.8. The Morgan fingerprint density at radius 3 is 2.68 bits per heavy atom. The van der Waals surface area contributed by atoms with Crippen LogP contribution < -0.4 is 10.6 Å². The zero-order chi connectivity index (χ0) is 14.4. The highest BCUT2D eigenvalue weighted by atomic mass is 35.5. The Bertz CT molecular complexity index is 465. The minimum absolute atomic E-state index is 0.344. The number of hydrogen-bond donors (Lipinski definition) is 2. The fourth-order valence-corrected chi connectivity index (χ4v) is 1.75. The summed E-state index contributed by atoms with van der Waals surface area (Å²) in [6.45, 7) is 2.31. The first kappa shape index (κ1) is 15.5. The van der Waals surface area contributed by atoms with Crippen molar-refractivity contribution in [3.05, 3.63) is 34.9 Å². The first-order chi connectivity index (χ1) is 8.93. The van der Waals surface area contributed by atoms with E-state index in [4.69, 9.17) is 11.6 Å². The first-order valence-electron chi connectivity index (χ1n) is 5.91. The molecule has 0 heterocycles. The molecule has 104 valence electrons. The Hall–Kier alpha value is -1.59. The van der Waals surface area contributed by atoms with Gasteiger partial charge in [0.2, 0.25) is 5.91 Å². The van der Waals surface area contributed by atoms with Gasteiger partial charge in [0.1, 0.15) is 0 Å². The van der Waals surface area contributed by atoms with Crippen LogP contribution in [-0.2, 0) is 11.3 Å². The van der Waals surface area contributed by atoms with Crippen LogP contribution in [-0.4, -0.2) is 37.0 Å². The summed E-state index contributed by atoms with van der Waals surface area (Å²) in [4.78, 5) is 24.7. The summed E-state index contributed by atoms with van der Waals surface area (Å²) in [7, 11) is 3.28. The van der Waals surface area contributed by atoms with Crippen molar-refractivity contribution in [1.29, 1.82) is 0 Å². The fourth-order valence-electron chi connectivity index (χ4n) is 1.54. The summed E-state index contributed by atoms with van der Waals surface area (Å²) in [5.41, 5.74) is 1.01. The van der Waals surface area contributed by atoms with Crippen LogP contribution in [0.5, 0.6) is 0 Å². The Morgan fingerprint density at radius 2 is 2.11 bits per heavy atom. The number of hydrogen-bond acceptors (Lipinski definition) is 3. The minimum Gasteiger partial charge on any atom is -0.341 e. The van der Waals surface area contributed by atoms with Gasteiger partial charge in [0.15, 0.2) is 0 Å². The topological polar surface area (TPSA) is 61.4 Å². The van der Waals surface area contributed by atoms with E-state index in [1.807, 2.05) is 30.1 Å². The van der Waals surface area contributed by atoms with E-state index in [1.165, 1.54) is 7.05 Å². The third-order valence-electron chi connectivity index (χ3n) is 2.83. The highest BCUT2D eigenvalue weighted by Crippen LogP contribution is 2.13. The van der Waals surface area contributed by atoms with Gasteiger partial charge in [0.25, 0.3) is 0 Å². The minimum atomic E-state index is -0.506. The van der Waals surface area contributed by atoms with Gasteiger partial charge in [-0.15, -0.1) is 0 Å². The second-order valence-corrected chi connectivity index (χ2v) is 4.73. The molecular weight excluding hydrogens is 266 g/mol. The van der Waals surface area contributed by atoms with Crippen molar-refractivity contribution in [3.8, 4) is 0 Å². The van der Waals surface area contributed by atoms with Crippen molar-refractivity contribution in [2.24, 2.45) is 0 Å². The van der Waals surface area contributed by atoms with Crippen molar-refractivity contribution in [2.75, 3.05) is 14.1 Å². The maximum Gasteiger partial charge on any atom is 0.321 e. The largest absolute Gasteiger partial charge is 0.341 e. The Morgan fingerprint density at radius 1 is 1.42 bits per heavy atom. The molecule has 0 spiro atoms. The fraction of sp³-hybridized carbons (Fsp3) is 0.385. The summed E-state index contributed by atoms with van der Waals surface area (Å²) in [6, 6.07) is 6.52. The lowest BCUT2D eigenvalue weighted by molar-refractivity contribution is -0.124. The molecule has 0 aliphatic heterocycles. The lowest BCUT2D eigenvalue weighted by Crippen LogP contribution is -2.47. The predicted octanol–water partition coefficient (Wildman–Crippen LogP) is 1.62. The van der Waals surface area contributed by atoms with Crippen molar-refractivity contribution >= 4 is 23.5 Å². The molecule has 0 aromatic heterocycles. The predicted molar refractivity (Wildman–Crippen MR) is 75.0 cm³/mol. The van der Waals surface area contributed by atoms with Crippen molar-refractivity contribution < 1.29 is 9.59 Å². The van der Waals surface area contributed by atoms with Crippen LogP contribution in [0.2, 0.25) is 5.02 Å². The van der Waals surface area contributed by atoms with E-state index < -0.39 is 12.1 Å². The molecule has 0 saturated heterocycles. The number of amides is 3. The average Bonchev–Trinajstić information content (AvgIpc) is 2.37. The van der Waals surface area contributed by atoms with Crippen LogP contribution in [0, 0.1) is 0 Å². The Balaban J connectivity index is 2.59. The molecule has 0 unspecified atom stereocenters. The molecule has 0 radical (unpaired) electrons. The van der Waals surface area contributed by atoms with Gasteiger partial charge in [-0.3, -0.25) is 15.0 Å². The lowest BCUT2D eigenvalue weighted by Gasteiger charge is -2.23. The third kappa shape index (κ3) is 4.89. The molecule has 0 aliphatic carbocycles. The highest BCUT2D eigenvalue weighted by Gasteiger charge is 2.19. The molecule has 1 aromatic rings. The van der Waals surface area contributed by atoms with E-state index in [1.54, 1.807) is 13.0 Å². The summed E-state index contributed by atoms with van der Waals surface area (Å²) in [6.07, 6.45) is 0. The van der Waals surface area contributed by atoms with E-state index in [0.29, 0.717) is 11.6 Å². The number of rotatable bonds is 4. The smallest absolute Gasteiger partial charge is 0.321 e. The van der Waals surface area contributed by atoms with Crippen LogP contribution in [0.4, 0.5) is 4.79 Å². The summed E-state index contributed by atoms with van der Waals surface area (Å²) >= 11 is 5.91. The standard InChI is InChI=1S/C13H18ClN3O2/c1-9(12(18)16-13(19)15-2)17(3)8-10-5-4-6-11(14)7-10/h4-7,9H,8H2,1-3H3,(H2,15,16,18,19)/t9-/m0/s1. The summed E-state index contributed by atoms with van der Waals surface area (Å²) in [5.74, 6) is -0.344. The number of carbonyl (C=O) groups excluding carboxylic acids is 2. The van der Waals surface area contributed by atoms with E-state index in [2.05, 4.69) is 10.6 Å². The quantitative estimate of drug-likeness (QED) is 0.883. The van der Waals surface area contributed by atoms with Gasteiger partial charge in [-0.1, -0.05) is 23.7 Å². The number of benzene rings is 1. The SMILES string of the molecule is CNC(=O)NC(=O)[C@H](C)N(C)Cc1cccc(Cl)c1. The van der Waals surface area contributed by atoms with Gasteiger partial charge >= 0.3 is 6.03 Å². The average molecular weight is 284 g/mol. The molecule has 5 nitrogen and oxygen atoms in total. The normalized spacial score (nSPS) is 12.1. The van der Waals surface area contributed by atoms with Gasteiger partial charge in [0, 0.05) is 18.6 Å². The summed E-state index contributed by atoms with van der Waals surface area (Å²) < 4.78 is 0. The van der Waals surface area contributed by atoms with Gasteiger partial charge in [-0.25, -0.2) is 4.79 Å². The molecule has 6 heteroatoms. The van der Waals surface area contributed by atoms with Gasteiger partial charge in [-0.05, 0) is 31.7 Å². The molecule has 1 aromatic carbocycles. The number of halogens is 1. The second kappa shape index (κ2) is 7.11. The molecule has 0 fully saturated rings. The number of nitrogens with zero attached hydrogens (tertiary/aromatic N) is 1. The zero-order valence-electron chi connectivity index (χ0n) is 11.2. The second-order valence-electron chi connectivity index (χ2n) is 4.29. The molecule has 0 saturated carbocycles. The molecule has 2 N–H and O–H groups in total. The molecule has 19 heavy (non-hydrogen) atoms. The Labute approximate surface area is 117 Å². The van der Waals surface area contributed by atoms with E-state index >= 15 is 0 Å². The van der Waals surface area contributed by atoms with Gasteiger partial charge in [-0.2, -0.15) is 0 Å². The monoisotopic (exact) mass is 283 g/mol. The number of urea groups is 1. The first-order valence-corrected chi connectivity index (χ1v) is 6.29. The Kier molecular flexibility index (Phi) is 5.79. The van der Waals surface area contributed by atoms with E-state index in [9.17, 15) is 9.59 Å². The van der Waals surface area contributed by atoms with E-state index in [0.717, 1.165) is 5.56 Å².